The lowest BCUT2D eigenvalue weighted by molar-refractivity contribution is -0.260. The Kier molecular flexibility index (Phi) is 6.47. The molecule has 1 spiro atoms. The van der Waals surface area contributed by atoms with Crippen LogP contribution in [0, 0.1) is 0 Å². The molecule has 2 aliphatic heterocycles. The van der Waals surface area contributed by atoms with Crippen molar-refractivity contribution >= 4 is 11.7 Å². The first kappa shape index (κ1) is 20.6. The number of ether oxygens (including phenoxy) is 3. The Balaban J connectivity index is 1.42. The normalized spacial score (nSPS) is 22.5. The van der Waals surface area contributed by atoms with E-state index in [4.69, 9.17) is 14.2 Å². The van der Waals surface area contributed by atoms with Gasteiger partial charge in [0.25, 0.3) is 0 Å². The number of rotatable bonds is 4. The molecule has 1 atom stereocenters. The van der Waals surface area contributed by atoms with Crippen molar-refractivity contribution in [1.29, 1.82) is 0 Å². The lowest BCUT2D eigenvalue weighted by atomic mass is 10.1. The summed E-state index contributed by atoms with van der Waals surface area (Å²) in [7, 11) is 1.60. The number of nitrogens with zero attached hydrogens (tertiary/aromatic N) is 3. The van der Waals surface area contributed by atoms with E-state index in [1.165, 1.54) is 0 Å². The van der Waals surface area contributed by atoms with Crippen LogP contribution in [0.2, 0.25) is 0 Å². The van der Waals surface area contributed by atoms with Gasteiger partial charge in [0.1, 0.15) is 5.75 Å². The Morgan fingerprint density at radius 2 is 2.10 bits per heavy atom. The maximum atomic E-state index is 12.9. The number of benzene rings is 1. The summed E-state index contributed by atoms with van der Waals surface area (Å²) in [5.74, 6) is -0.118. The molecule has 2 aliphatic rings. The van der Waals surface area contributed by atoms with Crippen molar-refractivity contribution in [2.45, 2.75) is 18.8 Å². The van der Waals surface area contributed by atoms with Crippen LogP contribution < -0.4 is 10.1 Å². The molecule has 1 aromatic heterocycles. The average Bonchev–Trinajstić information content (AvgIpc) is 2.96. The highest BCUT2D eigenvalue weighted by Gasteiger charge is 2.42. The van der Waals surface area contributed by atoms with Crippen molar-refractivity contribution in [3.63, 3.8) is 0 Å². The lowest BCUT2D eigenvalue weighted by Gasteiger charge is -2.43. The Morgan fingerprint density at radius 3 is 2.93 bits per heavy atom. The molecular weight excluding hydrogens is 384 g/mol. The highest BCUT2D eigenvalue weighted by molar-refractivity contribution is 5.89. The Bertz CT molecular complexity index is 850. The number of anilines is 1. The van der Waals surface area contributed by atoms with Crippen LogP contribution >= 0.6 is 0 Å². The molecule has 30 heavy (non-hydrogen) atoms. The van der Waals surface area contributed by atoms with E-state index in [1.54, 1.807) is 24.3 Å². The molecule has 2 amide bonds. The summed E-state index contributed by atoms with van der Waals surface area (Å²) < 4.78 is 17.5. The summed E-state index contributed by atoms with van der Waals surface area (Å²) >= 11 is 0. The van der Waals surface area contributed by atoms with E-state index in [0.29, 0.717) is 44.3 Å². The molecule has 1 unspecified atom stereocenters. The molecule has 0 bridgehead atoms. The van der Waals surface area contributed by atoms with Crippen molar-refractivity contribution < 1.29 is 19.0 Å². The number of carbonyl (C=O) groups excluding carboxylic acids is 1. The van der Waals surface area contributed by atoms with Gasteiger partial charge in [0.15, 0.2) is 5.79 Å². The van der Waals surface area contributed by atoms with Crippen LogP contribution in [0.3, 0.4) is 0 Å². The number of hydrogen-bond acceptors (Lipinski definition) is 6. The number of amides is 2. The predicted octanol–water partition coefficient (Wildman–Crippen LogP) is 2.57. The van der Waals surface area contributed by atoms with Crippen LogP contribution in [-0.4, -0.2) is 73.1 Å². The topological polar surface area (TPSA) is 76.2 Å². The lowest BCUT2D eigenvalue weighted by Crippen LogP contribution is -2.59. The van der Waals surface area contributed by atoms with E-state index in [0.717, 1.165) is 25.1 Å². The number of nitrogens with one attached hydrogen (secondary N) is 1. The van der Waals surface area contributed by atoms with E-state index in [1.807, 2.05) is 30.5 Å². The van der Waals surface area contributed by atoms with Crippen molar-refractivity contribution in [2.75, 3.05) is 51.8 Å². The SMILES string of the molecule is COc1cccc(NC(=O)N2CCOC3(CN(Cc4cccnc4)CCCO3)C2)c1. The van der Waals surface area contributed by atoms with Gasteiger partial charge in [-0.2, -0.15) is 0 Å². The second-order valence-corrected chi connectivity index (χ2v) is 7.62. The number of urea groups is 1. The molecule has 0 saturated carbocycles. The Hall–Kier alpha value is -2.68. The predicted molar refractivity (Wildman–Crippen MR) is 112 cm³/mol. The standard InChI is InChI=1S/C22H28N4O4/c1-28-20-7-2-6-19(13-20)24-21(27)26-10-12-30-22(17-26)16-25(9-4-11-29-22)15-18-5-3-8-23-14-18/h2-3,5-8,13-14H,4,9-12,15-17H2,1H3,(H,24,27). The number of hydrogen-bond donors (Lipinski definition) is 1. The second kappa shape index (κ2) is 9.42. The quantitative estimate of drug-likeness (QED) is 0.832. The fraction of sp³-hybridized carbons (Fsp3) is 0.455. The molecule has 8 heteroatoms. The summed E-state index contributed by atoms with van der Waals surface area (Å²) in [5.41, 5.74) is 1.85. The molecule has 1 N–H and O–H groups in total. The Morgan fingerprint density at radius 1 is 1.20 bits per heavy atom. The van der Waals surface area contributed by atoms with E-state index < -0.39 is 5.79 Å². The van der Waals surface area contributed by atoms with Gasteiger partial charge in [0.2, 0.25) is 0 Å². The van der Waals surface area contributed by atoms with Crippen molar-refractivity contribution in [1.82, 2.24) is 14.8 Å². The van der Waals surface area contributed by atoms with Gasteiger partial charge < -0.3 is 24.4 Å². The molecular formula is C22H28N4O4. The Labute approximate surface area is 176 Å². The van der Waals surface area contributed by atoms with E-state index in [-0.39, 0.29) is 6.03 Å². The van der Waals surface area contributed by atoms with Crippen molar-refractivity contribution in [3.8, 4) is 5.75 Å². The van der Waals surface area contributed by atoms with Crippen LogP contribution in [0.15, 0.2) is 48.8 Å². The van der Waals surface area contributed by atoms with Crippen LogP contribution in [0.1, 0.15) is 12.0 Å². The van der Waals surface area contributed by atoms with E-state index in [2.05, 4.69) is 21.3 Å². The average molecular weight is 412 g/mol. The number of methoxy groups -OCH3 is 1. The van der Waals surface area contributed by atoms with Crippen LogP contribution in [0.25, 0.3) is 0 Å². The first-order valence-electron chi connectivity index (χ1n) is 10.2. The molecule has 0 radical (unpaired) electrons. The summed E-state index contributed by atoms with van der Waals surface area (Å²) in [6, 6.07) is 11.2. The smallest absolute Gasteiger partial charge is 0.322 e. The molecule has 160 valence electrons. The summed E-state index contributed by atoms with van der Waals surface area (Å²) in [5, 5.41) is 2.95. The first-order chi connectivity index (χ1) is 14.7. The fourth-order valence-electron chi connectivity index (χ4n) is 3.91. The summed E-state index contributed by atoms with van der Waals surface area (Å²) in [4.78, 5) is 21.2. The molecule has 2 aromatic rings. The molecule has 3 heterocycles. The van der Waals surface area contributed by atoms with Crippen LogP contribution in [0.5, 0.6) is 5.75 Å². The second-order valence-electron chi connectivity index (χ2n) is 7.62. The third-order valence-electron chi connectivity index (χ3n) is 5.34. The van der Waals surface area contributed by atoms with Gasteiger partial charge in [-0.15, -0.1) is 0 Å². The van der Waals surface area contributed by atoms with Gasteiger partial charge in [-0.25, -0.2) is 4.79 Å². The molecule has 0 aliphatic carbocycles. The third kappa shape index (κ3) is 5.08. The first-order valence-corrected chi connectivity index (χ1v) is 10.2. The van der Waals surface area contributed by atoms with Crippen molar-refractivity contribution in [3.05, 3.63) is 54.4 Å². The monoisotopic (exact) mass is 412 g/mol. The van der Waals surface area contributed by atoms with E-state index >= 15 is 0 Å². The van der Waals surface area contributed by atoms with Crippen LogP contribution in [-0.2, 0) is 16.0 Å². The fourth-order valence-corrected chi connectivity index (χ4v) is 3.91. The number of pyridine rings is 1. The number of carbonyl (C=O) groups is 1. The molecule has 8 nitrogen and oxygen atoms in total. The molecule has 4 rings (SSSR count). The zero-order valence-corrected chi connectivity index (χ0v) is 17.3. The molecule has 1 aromatic carbocycles. The largest absolute Gasteiger partial charge is 0.497 e. The summed E-state index contributed by atoms with van der Waals surface area (Å²) in [6.07, 6.45) is 4.58. The number of morpholine rings is 1. The van der Waals surface area contributed by atoms with Gasteiger partial charge in [0.05, 0.1) is 33.4 Å². The van der Waals surface area contributed by atoms with Crippen LogP contribution in [0.4, 0.5) is 10.5 Å². The zero-order chi connectivity index (χ0) is 20.8. The molecule has 2 fully saturated rings. The minimum absolute atomic E-state index is 0.169. The van der Waals surface area contributed by atoms with Gasteiger partial charge in [0, 0.05) is 43.8 Å². The van der Waals surface area contributed by atoms with Gasteiger partial charge >= 0.3 is 6.03 Å². The molecule has 2 saturated heterocycles. The van der Waals surface area contributed by atoms with Gasteiger partial charge in [-0.1, -0.05) is 12.1 Å². The van der Waals surface area contributed by atoms with Crippen molar-refractivity contribution in [2.24, 2.45) is 0 Å². The maximum Gasteiger partial charge on any atom is 0.322 e. The highest BCUT2D eigenvalue weighted by atomic mass is 16.7. The minimum Gasteiger partial charge on any atom is -0.497 e. The highest BCUT2D eigenvalue weighted by Crippen LogP contribution is 2.26. The maximum absolute atomic E-state index is 12.9. The number of aromatic nitrogens is 1. The summed E-state index contributed by atoms with van der Waals surface area (Å²) in [6.45, 7) is 4.23. The van der Waals surface area contributed by atoms with Gasteiger partial charge in [-0.3, -0.25) is 9.88 Å². The third-order valence-corrected chi connectivity index (χ3v) is 5.34. The van der Waals surface area contributed by atoms with Gasteiger partial charge in [-0.05, 0) is 30.2 Å². The minimum atomic E-state index is -0.817. The zero-order valence-electron chi connectivity index (χ0n) is 17.3. The van der Waals surface area contributed by atoms with E-state index in [9.17, 15) is 4.79 Å².